The smallest absolute Gasteiger partial charge is 0.240 e. The maximum Gasteiger partial charge on any atom is 0.240 e. The van der Waals surface area contributed by atoms with E-state index in [9.17, 15) is 14.4 Å². The number of ketones is 1. The van der Waals surface area contributed by atoms with E-state index in [2.05, 4.69) is 5.32 Å². The van der Waals surface area contributed by atoms with Gasteiger partial charge < -0.3 is 0 Å². The van der Waals surface area contributed by atoms with Crippen LogP contribution in [0.4, 0.5) is 0 Å². The summed E-state index contributed by atoms with van der Waals surface area (Å²) in [7, 11) is 0. The van der Waals surface area contributed by atoms with Gasteiger partial charge in [-0.1, -0.05) is 23.8 Å². The van der Waals surface area contributed by atoms with Crippen LogP contribution in [0.1, 0.15) is 15.9 Å². The minimum Gasteiger partial charge on any atom is -0.294 e. The minimum absolute atomic E-state index is 0.0822. The fourth-order valence-corrected chi connectivity index (χ4v) is 1.92. The van der Waals surface area contributed by atoms with Gasteiger partial charge in [-0.15, -0.1) is 0 Å². The molecule has 5 heteroatoms. The second-order valence-corrected chi connectivity index (χ2v) is 4.41. The first-order valence-corrected chi connectivity index (χ1v) is 5.69. The number of imide groups is 1. The van der Waals surface area contributed by atoms with Gasteiger partial charge in [0.25, 0.3) is 0 Å². The van der Waals surface area contributed by atoms with E-state index in [1.165, 1.54) is 0 Å². The molecule has 2 amide bonds. The molecule has 1 aliphatic heterocycles. The number of nitrogens with one attached hydrogen (secondary N) is 1. The molecule has 1 saturated heterocycles. The number of piperazine rings is 1. The molecule has 0 radical (unpaired) electrons. The molecule has 0 aromatic heterocycles. The molecule has 1 aromatic carbocycles. The van der Waals surface area contributed by atoms with Crippen molar-refractivity contribution in [1.82, 2.24) is 10.2 Å². The van der Waals surface area contributed by atoms with E-state index in [1.54, 1.807) is 17.0 Å². The van der Waals surface area contributed by atoms with E-state index in [0.29, 0.717) is 5.56 Å². The normalized spacial score (nSPS) is 16.5. The van der Waals surface area contributed by atoms with Gasteiger partial charge in [0.2, 0.25) is 11.8 Å². The molecule has 1 N–H and O–H groups in total. The molecule has 0 bridgehead atoms. The van der Waals surface area contributed by atoms with Gasteiger partial charge in [-0.2, -0.15) is 0 Å². The standard InChI is InChI=1S/C13H14N2O3/c1-9-3-2-4-10(5-9)11(16)6-15-7-12(17)14-13(18)8-15/h2-5H,6-8H2,1H3,(H,14,17,18). The van der Waals surface area contributed by atoms with E-state index in [-0.39, 0.29) is 37.2 Å². The number of amides is 2. The van der Waals surface area contributed by atoms with Crippen LogP contribution in [0.5, 0.6) is 0 Å². The van der Waals surface area contributed by atoms with Crippen LogP contribution in [0.3, 0.4) is 0 Å². The second-order valence-electron chi connectivity index (χ2n) is 4.41. The number of carbonyl (C=O) groups excluding carboxylic acids is 3. The number of aryl methyl sites for hydroxylation is 1. The summed E-state index contributed by atoms with van der Waals surface area (Å²) in [6, 6.07) is 7.26. The third-order valence-electron chi connectivity index (χ3n) is 2.72. The van der Waals surface area contributed by atoms with Crippen LogP contribution in [0.2, 0.25) is 0 Å². The molecule has 1 aliphatic rings. The lowest BCUT2D eigenvalue weighted by atomic mass is 10.1. The zero-order chi connectivity index (χ0) is 13.1. The van der Waals surface area contributed by atoms with Crippen molar-refractivity contribution in [3.8, 4) is 0 Å². The number of hydrogen-bond donors (Lipinski definition) is 1. The quantitative estimate of drug-likeness (QED) is 0.608. The van der Waals surface area contributed by atoms with Gasteiger partial charge in [-0.25, -0.2) is 0 Å². The largest absolute Gasteiger partial charge is 0.294 e. The Morgan fingerprint density at radius 3 is 2.56 bits per heavy atom. The van der Waals surface area contributed by atoms with Crippen molar-refractivity contribution in [1.29, 1.82) is 0 Å². The molecule has 18 heavy (non-hydrogen) atoms. The highest BCUT2D eigenvalue weighted by molar-refractivity contribution is 6.01. The summed E-state index contributed by atoms with van der Waals surface area (Å²) < 4.78 is 0. The average molecular weight is 246 g/mol. The van der Waals surface area contributed by atoms with E-state index >= 15 is 0 Å². The Hall–Kier alpha value is -2.01. The van der Waals surface area contributed by atoms with E-state index < -0.39 is 0 Å². The lowest BCUT2D eigenvalue weighted by molar-refractivity contribution is -0.135. The SMILES string of the molecule is Cc1cccc(C(=O)CN2CC(=O)NC(=O)C2)c1. The molecule has 0 saturated carbocycles. The van der Waals surface area contributed by atoms with Crippen LogP contribution in [-0.2, 0) is 9.59 Å². The third-order valence-corrected chi connectivity index (χ3v) is 2.72. The van der Waals surface area contributed by atoms with Gasteiger partial charge in [0.05, 0.1) is 19.6 Å². The van der Waals surface area contributed by atoms with Crippen molar-refractivity contribution >= 4 is 17.6 Å². The zero-order valence-corrected chi connectivity index (χ0v) is 10.1. The van der Waals surface area contributed by atoms with Gasteiger partial charge >= 0.3 is 0 Å². The van der Waals surface area contributed by atoms with Gasteiger partial charge in [0.1, 0.15) is 0 Å². The van der Waals surface area contributed by atoms with Crippen molar-refractivity contribution in [2.45, 2.75) is 6.92 Å². The number of rotatable bonds is 3. The Morgan fingerprint density at radius 1 is 1.28 bits per heavy atom. The molecular weight excluding hydrogens is 232 g/mol. The maximum absolute atomic E-state index is 12.0. The molecule has 1 aromatic rings. The molecular formula is C13H14N2O3. The molecule has 0 unspecified atom stereocenters. The Balaban J connectivity index is 2.03. The Bertz CT molecular complexity index is 495. The summed E-state index contributed by atoms with van der Waals surface area (Å²) in [5, 5.41) is 2.20. The fraction of sp³-hybridized carbons (Fsp3) is 0.308. The molecule has 5 nitrogen and oxygen atoms in total. The molecule has 1 fully saturated rings. The topological polar surface area (TPSA) is 66.5 Å². The van der Waals surface area contributed by atoms with E-state index in [1.807, 2.05) is 19.1 Å². The number of carbonyl (C=O) groups is 3. The first-order chi connectivity index (χ1) is 8.54. The summed E-state index contributed by atoms with van der Waals surface area (Å²) in [5.74, 6) is -0.798. The number of hydrogen-bond acceptors (Lipinski definition) is 4. The molecule has 0 atom stereocenters. The summed E-state index contributed by atoms with van der Waals surface area (Å²) >= 11 is 0. The van der Waals surface area contributed by atoms with Crippen LogP contribution in [0, 0.1) is 6.92 Å². The van der Waals surface area contributed by atoms with Crippen molar-refractivity contribution in [2.75, 3.05) is 19.6 Å². The molecule has 0 aliphatic carbocycles. The fourth-order valence-electron chi connectivity index (χ4n) is 1.92. The highest BCUT2D eigenvalue weighted by Crippen LogP contribution is 2.06. The van der Waals surface area contributed by atoms with Gasteiger partial charge in [-0.3, -0.25) is 24.6 Å². The third kappa shape index (κ3) is 3.01. The monoisotopic (exact) mass is 246 g/mol. The molecule has 1 heterocycles. The van der Waals surface area contributed by atoms with Crippen LogP contribution >= 0.6 is 0 Å². The highest BCUT2D eigenvalue weighted by Gasteiger charge is 2.24. The number of Topliss-reactive ketones (excluding diaryl/α,β-unsaturated/α-hetero) is 1. The second kappa shape index (κ2) is 5.10. The van der Waals surface area contributed by atoms with Crippen molar-refractivity contribution < 1.29 is 14.4 Å². The van der Waals surface area contributed by atoms with Crippen molar-refractivity contribution in [2.24, 2.45) is 0 Å². The van der Waals surface area contributed by atoms with E-state index in [0.717, 1.165) is 5.56 Å². The van der Waals surface area contributed by atoms with Gasteiger partial charge in [0.15, 0.2) is 5.78 Å². The first kappa shape index (κ1) is 12.4. The zero-order valence-electron chi connectivity index (χ0n) is 10.1. The Labute approximate surface area is 105 Å². The molecule has 0 spiro atoms. The highest BCUT2D eigenvalue weighted by atomic mass is 16.2. The predicted octanol–water partition coefficient (Wildman–Crippen LogP) is 0.136. The number of benzene rings is 1. The predicted molar refractivity (Wildman–Crippen MR) is 65.1 cm³/mol. The summed E-state index contributed by atoms with van der Waals surface area (Å²) in [6.07, 6.45) is 0. The van der Waals surface area contributed by atoms with Gasteiger partial charge in [0, 0.05) is 5.56 Å². The van der Waals surface area contributed by atoms with Crippen molar-refractivity contribution in [3.63, 3.8) is 0 Å². The van der Waals surface area contributed by atoms with Gasteiger partial charge in [-0.05, 0) is 13.0 Å². The van der Waals surface area contributed by atoms with Crippen LogP contribution < -0.4 is 5.32 Å². The lowest BCUT2D eigenvalue weighted by Crippen LogP contribution is -2.52. The van der Waals surface area contributed by atoms with Crippen LogP contribution in [0.15, 0.2) is 24.3 Å². The summed E-state index contributed by atoms with van der Waals surface area (Å²) in [6.45, 7) is 2.17. The first-order valence-electron chi connectivity index (χ1n) is 5.69. The van der Waals surface area contributed by atoms with Crippen LogP contribution in [0.25, 0.3) is 0 Å². The minimum atomic E-state index is -0.358. The maximum atomic E-state index is 12.0. The van der Waals surface area contributed by atoms with Crippen molar-refractivity contribution in [3.05, 3.63) is 35.4 Å². The van der Waals surface area contributed by atoms with Crippen LogP contribution in [-0.4, -0.2) is 42.1 Å². The molecule has 2 rings (SSSR count). The Morgan fingerprint density at radius 2 is 1.94 bits per heavy atom. The lowest BCUT2D eigenvalue weighted by Gasteiger charge is -2.24. The average Bonchev–Trinajstić information content (AvgIpc) is 2.27. The number of nitrogens with zero attached hydrogens (tertiary/aromatic N) is 1. The Kier molecular flexibility index (Phi) is 3.53. The summed E-state index contributed by atoms with van der Waals surface area (Å²) in [4.78, 5) is 35.9. The van der Waals surface area contributed by atoms with E-state index in [4.69, 9.17) is 0 Å². The summed E-state index contributed by atoms with van der Waals surface area (Å²) in [5.41, 5.74) is 1.61. The molecule has 94 valence electrons.